The fourth-order valence-corrected chi connectivity index (χ4v) is 4.64. The summed E-state index contributed by atoms with van der Waals surface area (Å²) in [5.74, 6) is -0.172. The van der Waals surface area contributed by atoms with Crippen molar-refractivity contribution in [2.24, 2.45) is 0 Å². The van der Waals surface area contributed by atoms with Crippen LogP contribution in [0.5, 0.6) is 0 Å². The highest BCUT2D eigenvalue weighted by molar-refractivity contribution is 6.04. The van der Waals surface area contributed by atoms with E-state index < -0.39 is 0 Å². The number of nitrogens with one attached hydrogen (secondary N) is 1. The zero-order chi connectivity index (χ0) is 31.2. The van der Waals surface area contributed by atoms with Crippen molar-refractivity contribution in [2.75, 3.05) is 31.5 Å². The van der Waals surface area contributed by atoms with Crippen LogP contribution in [0.2, 0.25) is 0 Å². The number of amides is 3. The molecule has 7 nitrogen and oxygen atoms in total. The Labute approximate surface area is 262 Å². The molecule has 1 N–H and O–H groups in total. The van der Waals surface area contributed by atoms with Crippen molar-refractivity contribution >= 4 is 23.4 Å². The molecule has 44 heavy (non-hydrogen) atoms. The van der Waals surface area contributed by atoms with Crippen LogP contribution in [0.3, 0.4) is 0 Å². The number of nitrogens with zero attached hydrogens (tertiary/aromatic N) is 3. The molecule has 3 rings (SSSR count). The number of benzene rings is 1. The fourth-order valence-electron chi connectivity index (χ4n) is 4.64. The highest BCUT2D eigenvalue weighted by Crippen LogP contribution is 2.15. The van der Waals surface area contributed by atoms with Crippen LogP contribution >= 0.6 is 0 Å². The first kappa shape index (κ1) is 34.0. The second-order valence-electron chi connectivity index (χ2n) is 10.5. The number of anilines is 1. The van der Waals surface area contributed by atoms with Gasteiger partial charge in [0.05, 0.1) is 5.56 Å². The van der Waals surface area contributed by atoms with Crippen molar-refractivity contribution in [2.45, 2.75) is 58.3 Å². The molecule has 0 radical (unpaired) electrons. The monoisotopic (exact) mass is 594 g/mol. The van der Waals surface area contributed by atoms with Gasteiger partial charge in [-0.2, -0.15) is 0 Å². The van der Waals surface area contributed by atoms with Crippen LogP contribution in [0.15, 0.2) is 110 Å². The van der Waals surface area contributed by atoms with Crippen molar-refractivity contribution in [1.29, 1.82) is 0 Å². The third-order valence-corrected chi connectivity index (χ3v) is 7.15. The Morgan fingerprint density at radius 3 is 1.86 bits per heavy atom. The lowest BCUT2D eigenvalue weighted by Crippen LogP contribution is -2.50. The second kappa shape index (κ2) is 20.4. The van der Waals surface area contributed by atoms with Crippen LogP contribution in [0.1, 0.15) is 79.0 Å². The van der Waals surface area contributed by atoms with Crippen molar-refractivity contribution in [3.05, 3.63) is 121 Å². The van der Waals surface area contributed by atoms with E-state index in [0.29, 0.717) is 49.4 Å². The smallest absolute Gasteiger partial charge is 0.257 e. The molecule has 7 heteroatoms. The number of unbranched alkanes of at least 4 members (excludes halogenated alkanes) is 1. The van der Waals surface area contributed by atoms with E-state index in [1.54, 1.807) is 47.5 Å². The molecule has 2 heterocycles. The Balaban J connectivity index is 1.25. The first-order chi connectivity index (χ1) is 21.6. The van der Waals surface area contributed by atoms with E-state index >= 15 is 0 Å². The minimum Gasteiger partial charge on any atom is -0.339 e. The van der Waals surface area contributed by atoms with E-state index in [4.69, 9.17) is 0 Å². The van der Waals surface area contributed by atoms with Gasteiger partial charge in [0, 0.05) is 56.2 Å². The summed E-state index contributed by atoms with van der Waals surface area (Å²) in [4.78, 5) is 45.6. The average molecular weight is 595 g/mol. The molecule has 0 spiro atoms. The summed E-state index contributed by atoms with van der Waals surface area (Å²) in [5.41, 5.74) is 1.63. The topological polar surface area (TPSA) is 82.6 Å². The third-order valence-electron chi connectivity index (χ3n) is 7.15. The molecule has 1 saturated heterocycles. The zero-order valence-electron chi connectivity index (χ0n) is 25.9. The Bertz CT molecular complexity index is 1300. The molecule has 0 bridgehead atoms. The summed E-state index contributed by atoms with van der Waals surface area (Å²) in [6.07, 6.45) is 32.1. The van der Waals surface area contributed by atoms with Crippen LogP contribution < -0.4 is 5.32 Å². The lowest BCUT2D eigenvalue weighted by atomic mass is 10.1. The van der Waals surface area contributed by atoms with Gasteiger partial charge in [-0.25, -0.2) is 0 Å². The van der Waals surface area contributed by atoms with Crippen LogP contribution in [0.4, 0.5) is 5.69 Å². The molecule has 0 aliphatic carbocycles. The maximum atomic E-state index is 13.0. The molecule has 1 fully saturated rings. The Morgan fingerprint density at radius 2 is 1.30 bits per heavy atom. The maximum absolute atomic E-state index is 13.0. The highest BCUT2D eigenvalue weighted by Gasteiger charge is 2.24. The number of carbonyl (C=O) groups is 3. The van der Waals surface area contributed by atoms with Gasteiger partial charge >= 0.3 is 0 Å². The molecule has 232 valence electrons. The molecule has 3 amide bonds. The zero-order valence-corrected chi connectivity index (χ0v) is 25.9. The summed E-state index contributed by atoms with van der Waals surface area (Å²) < 4.78 is 0. The molecule has 0 saturated carbocycles. The van der Waals surface area contributed by atoms with E-state index in [-0.39, 0.29) is 17.7 Å². The van der Waals surface area contributed by atoms with Crippen molar-refractivity contribution in [1.82, 2.24) is 14.8 Å². The number of allylic oxidation sites excluding steroid dienone is 10. The van der Waals surface area contributed by atoms with Gasteiger partial charge in [-0.1, -0.05) is 67.7 Å². The van der Waals surface area contributed by atoms with Crippen LogP contribution in [0.25, 0.3) is 0 Å². The van der Waals surface area contributed by atoms with Crippen molar-refractivity contribution < 1.29 is 14.4 Å². The van der Waals surface area contributed by atoms with Gasteiger partial charge in [0.1, 0.15) is 0 Å². The molecular formula is C37H46N4O3. The fraction of sp³-hybridized carbons (Fsp3) is 0.351. The molecule has 1 aromatic heterocycles. The average Bonchev–Trinajstić information content (AvgIpc) is 3.06. The molecule has 0 atom stereocenters. The molecular weight excluding hydrogens is 548 g/mol. The standard InChI is InChI=1S/C37H46N4O3/c1-2-3-4-5-6-7-8-9-10-11-12-13-14-15-16-17-18-21-35(42)40-27-29-41(30-28-40)37(44)32-22-24-34(25-23-32)39-36(43)33-20-19-26-38-31-33/h3-4,6-7,9-10,12-13,15-16,19-20,22-26,31H,2,5,8,11,14,17-18,21,27-30H2,1H3,(H,39,43). The number of hydrogen-bond donors (Lipinski definition) is 1. The molecule has 1 aliphatic heterocycles. The molecule has 1 aromatic carbocycles. The number of aromatic nitrogens is 1. The SMILES string of the molecule is CCC=CCC=CCC=CCC=CCC=CCCCC(=O)N1CCN(C(=O)c2ccc(NC(=O)c3cccnc3)cc2)CC1. The van der Waals surface area contributed by atoms with Gasteiger partial charge in [0.2, 0.25) is 5.91 Å². The predicted octanol–water partition coefficient (Wildman–Crippen LogP) is 7.54. The number of pyridine rings is 1. The quantitative estimate of drug-likeness (QED) is 0.161. The van der Waals surface area contributed by atoms with Gasteiger partial charge in [-0.05, 0) is 81.3 Å². The largest absolute Gasteiger partial charge is 0.339 e. The van der Waals surface area contributed by atoms with Crippen molar-refractivity contribution in [3.63, 3.8) is 0 Å². The number of piperazine rings is 1. The summed E-state index contributed by atoms with van der Waals surface area (Å²) in [6, 6.07) is 10.3. The lowest BCUT2D eigenvalue weighted by molar-refractivity contribution is -0.132. The summed E-state index contributed by atoms with van der Waals surface area (Å²) in [5, 5.41) is 2.81. The van der Waals surface area contributed by atoms with Gasteiger partial charge in [0.25, 0.3) is 11.8 Å². The minimum absolute atomic E-state index is 0.0689. The summed E-state index contributed by atoms with van der Waals surface area (Å²) in [6.45, 7) is 4.27. The summed E-state index contributed by atoms with van der Waals surface area (Å²) in [7, 11) is 0. The minimum atomic E-state index is -0.254. The van der Waals surface area contributed by atoms with Crippen molar-refractivity contribution in [3.8, 4) is 0 Å². The first-order valence-corrected chi connectivity index (χ1v) is 15.7. The van der Waals surface area contributed by atoms with Gasteiger partial charge in [-0.15, -0.1) is 0 Å². The summed E-state index contributed by atoms with van der Waals surface area (Å²) >= 11 is 0. The normalized spacial score (nSPS) is 14.1. The molecule has 1 aliphatic rings. The van der Waals surface area contributed by atoms with Gasteiger partial charge < -0.3 is 15.1 Å². The lowest BCUT2D eigenvalue weighted by Gasteiger charge is -2.35. The Morgan fingerprint density at radius 1 is 0.727 bits per heavy atom. The van der Waals surface area contributed by atoms with Crippen LogP contribution in [0, 0.1) is 0 Å². The van der Waals surface area contributed by atoms with E-state index in [1.165, 1.54) is 6.20 Å². The predicted molar refractivity (Wildman–Crippen MR) is 179 cm³/mol. The Kier molecular flexibility index (Phi) is 15.7. The van der Waals surface area contributed by atoms with Crippen LogP contribution in [-0.2, 0) is 4.79 Å². The van der Waals surface area contributed by atoms with E-state index in [9.17, 15) is 14.4 Å². The molecule has 2 aromatic rings. The first-order valence-electron chi connectivity index (χ1n) is 15.7. The van der Waals surface area contributed by atoms with E-state index in [0.717, 1.165) is 44.9 Å². The second-order valence-corrected chi connectivity index (χ2v) is 10.5. The number of hydrogen-bond acceptors (Lipinski definition) is 4. The van der Waals surface area contributed by atoms with E-state index in [1.807, 2.05) is 4.90 Å². The Hall–Kier alpha value is -4.52. The highest BCUT2D eigenvalue weighted by atomic mass is 16.2. The van der Waals surface area contributed by atoms with E-state index in [2.05, 4.69) is 78.0 Å². The van der Waals surface area contributed by atoms with Crippen LogP contribution in [-0.4, -0.2) is 58.7 Å². The number of carbonyl (C=O) groups excluding carboxylic acids is 3. The van der Waals surface area contributed by atoms with Gasteiger partial charge in [0.15, 0.2) is 0 Å². The molecule has 0 unspecified atom stereocenters. The number of rotatable bonds is 16. The maximum Gasteiger partial charge on any atom is 0.257 e. The van der Waals surface area contributed by atoms with Gasteiger partial charge in [-0.3, -0.25) is 19.4 Å². The third kappa shape index (κ3) is 12.8.